The van der Waals surface area contributed by atoms with Crippen molar-refractivity contribution in [2.45, 2.75) is 25.9 Å². The van der Waals surface area contributed by atoms with Crippen LogP contribution in [0.15, 0.2) is 12.7 Å². The van der Waals surface area contributed by atoms with Gasteiger partial charge in [0.1, 0.15) is 12.7 Å². The van der Waals surface area contributed by atoms with E-state index >= 15 is 0 Å². The molecule has 0 bridgehead atoms. The van der Waals surface area contributed by atoms with Crippen molar-refractivity contribution in [3.8, 4) is 0 Å². The monoisotopic (exact) mass is 184 g/mol. The number of aromatic nitrogens is 3. The molecule has 13 heavy (non-hydrogen) atoms. The smallest absolute Gasteiger partial charge is 0.137 e. The quantitative estimate of drug-likeness (QED) is 0.665. The summed E-state index contributed by atoms with van der Waals surface area (Å²) in [5.74, 6) is 0. The predicted octanol–water partition coefficient (Wildman–Crippen LogP) is -0.191. The van der Waals surface area contributed by atoms with Crippen molar-refractivity contribution >= 4 is 0 Å². The summed E-state index contributed by atoms with van der Waals surface area (Å²) in [7, 11) is 0. The van der Waals surface area contributed by atoms with E-state index in [4.69, 9.17) is 5.11 Å². The van der Waals surface area contributed by atoms with Gasteiger partial charge in [0.05, 0.1) is 12.6 Å². The Morgan fingerprint density at radius 2 is 2.31 bits per heavy atom. The van der Waals surface area contributed by atoms with E-state index in [9.17, 15) is 0 Å². The first-order valence-electron chi connectivity index (χ1n) is 4.42. The number of nitrogens with one attached hydrogen (secondary N) is 1. The lowest BCUT2D eigenvalue weighted by molar-refractivity contribution is 0.246. The molecular weight excluding hydrogens is 168 g/mol. The molecule has 5 heteroatoms. The second-order valence-electron chi connectivity index (χ2n) is 3.22. The summed E-state index contributed by atoms with van der Waals surface area (Å²) in [6.45, 7) is 4.93. The van der Waals surface area contributed by atoms with Crippen LogP contribution in [0.3, 0.4) is 0 Å². The zero-order valence-electron chi connectivity index (χ0n) is 8.01. The van der Waals surface area contributed by atoms with E-state index in [1.807, 2.05) is 13.8 Å². The van der Waals surface area contributed by atoms with Gasteiger partial charge >= 0.3 is 0 Å². The van der Waals surface area contributed by atoms with E-state index in [0.717, 1.165) is 6.54 Å². The van der Waals surface area contributed by atoms with Gasteiger partial charge in [-0.15, -0.1) is 0 Å². The summed E-state index contributed by atoms with van der Waals surface area (Å²) in [6, 6.07) is 0.391. The molecule has 0 saturated carbocycles. The number of hydrogen-bond donors (Lipinski definition) is 2. The maximum absolute atomic E-state index is 8.78. The molecule has 1 aromatic rings. The van der Waals surface area contributed by atoms with E-state index in [1.54, 1.807) is 11.0 Å². The van der Waals surface area contributed by atoms with E-state index in [1.165, 1.54) is 6.33 Å². The van der Waals surface area contributed by atoms with Crippen LogP contribution in [0.2, 0.25) is 0 Å². The van der Waals surface area contributed by atoms with E-state index in [-0.39, 0.29) is 18.7 Å². The van der Waals surface area contributed by atoms with Gasteiger partial charge in [0.2, 0.25) is 0 Å². The minimum Gasteiger partial charge on any atom is -0.395 e. The summed E-state index contributed by atoms with van der Waals surface area (Å²) in [4.78, 5) is 3.87. The minimum absolute atomic E-state index is 0.131. The summed E-state index contributed by atoms with van der Waals surface area (Å²) >= 11 is 0. The molecule has 2 unspecified atom stereocenters. The van der Waals surface area contributed by atoms with Crippen LogP contribution in [0.4, 0.5) is 0 Å². The van der Waals surface area contributed by atoms with Crippen LogP contribution in [-0.2, 0) is 0 Å². The molecule has 1 aromatic heterocycles. The Morgan fingerprint density at radius 1 is 1.54 bits per heavy atom. The van der Waals surface area contributed by atoms with Crippen LogP contribution in [0.1, 0.15) is 19.9 Å². The third-order valence-corrected chi connectivity index (χ3v) is 1.92. The molecule has 0 aromatic carbocycles. The Morgan fingerprint density at radius 3 is 2.85 bits per heavy atom. The van der Waals surface area contributed by atoms with E-state index < -0.39 is 0 Å². The molecule has 2 N–H and O–H groups in total. The average molecular weight is 184 g/mol. The van der Waals surface area contributed by atoms with E-state index in [2.05, 4.69) is 15.4 Å². The Hall–Kier alpha value is -0.940. The third kappa shape index (κ3) is 3.12. The molecule has 0 fully saturated rings. The van der Waals surface area contributed by atoms with Crippen molar-refractivity contribution in [2.75, 3.05) is 13.2 Å². The fourth-order valence-electron chi connectivity index (χ4n) is 0.975. The summed E-state index contributed by atoms with van der Waals surface area (Å²) < 4.78 is 1.79. The van der Waals surface area contributed by atoms with Crippen molar-refractivity contribution in [2.24, 2.45) is 0 Å². The Labute approximate surface area is 77.8 Å². The van der Waals surface area contributed by atoms with Gasteiger partial charge in [-0.2, -0.15) is 5.10 Å². The topological polar surface area (TPSA) is 63.0 Å². The lowest BCUT2D eigenvalue weighted by atomic mass is 10.3. The van der Waals surface area contributed by atoms with Crippen molar-refractivity contribution in [3.05, 3.63) is 12.7 Å². The van der Waals surface area contributed by atoms with Gasteiger partial charge in [0.15, 0.2) is 0 Å². The van der Waals surface area contributed by atoms with Crippen molar-refractivity contribution < 1.29 is 5.11 Å². The number of aliphatic hydroxyl groups is 1. The molecule has 0 spiro atoms. The summed E-state index contributed by atoms with van der Waals surface area (Å²) in [5, 5.41) is 16.0. The van der Waals surface area contributed by atoms with Crippen LogP contribution in [0.25, 0.3) is 0 Å². The number of aliphatic hydroxyl groups excluding tert-OH is 1. The van der Waals surface area contributed by atoms with Gasteiger partial charge < -0.3 is 10.4 Å². The second kappa shape index (κ2) is 4.94. The standard InChI is InChI=1S/C8H16N4O/c1-7(4-13)10-3-8(2)12-6-9-5-11-12/h5-8,10,13H,3-4H2,1-2H3. The Kier molecular flexibility index (Phi) is 3.85. The zero-order valence-corrected chi connectivity index (χ0v) is 8.01. The van der Waals surface area contributed by atoms with Crippen LogP contribution in [0.5, 0.6) is 0 Å². The van der Waals surface area contributed by atoms with Crippen LogP contribution in [0, 0.1) is 0 Å². The molecule has 74 valence electrons. The number of hydrogen-bond acceptors (Lipinski definition) is 4. The first-order chi connectivity index (χ1) is 6.24. The molecule has 2 atom stereocenters. The molecule has 0 saturated heterocycles. The van der Waals surface area contributed by atoms with E-state index in [0.29, 0.717) is 0 Å². The summed E-state index contributed by atoms with van der Waals surface area (Å²) in [5.41, 5.74) is 0. The molecule has 1 heterocycles. The lowest BCUT2D eigenvalue weighted by Crippen LogP contribution is -2.33. The molecule has 0 radical (unpaired) electrons. The normalized spacial score (nSPS) is 15.6. The molecule has 0 aliphatic carbocycles. The largest absolute Gasteiger partial charge is 0.395 e. The highest BCUT2D eigenvalue weighted by atomic mass is 16.3. The SMILES string of the molecule is CC(CO)NCC(C)n1cncn1. The zero-order chi connectivity index (χ0) is 9.68. The fraction of sp³-hybridized carbons (Fsp3) is 0.750. The van der Waals surface area contributed by atoms with Crippen LogP contribution < -0.4 is 5.32 Å². The molecule has 5 nitrogen and oxygen atoms in total. The van der Waals surface area contributed by atoms with Crippen molar-refractivity contribution in [3.63, 3.8) is 0 Å². The van der Waals surface area contributed by atoms with Gasteiger partial charge in [0.25, 0.3) is 0 Å². The van der Waals surface area contributed by atoms with Gasteiger partial charge in [-0.3, -0.25) is 0 Å². The van der Waals surface area contributed by atoms with Gasteiger partial charge in [0, 0.05) is 12.6 Å². The van der Waals surface area contributed by atoms with Gasteiger partial charge in [-0.25, -0.2) is 9.67 Å². The van der Waals surface area contributed by atoms with Crippen LogP contribution in [-0.4, -0.2) is 39.1 Å². The fourth-order valence-corrected chi connectivity index (χ4v) is 0.975. The highest BCUT2D eigenvalue weighted by Crippen LogP contribution is 1.99. The Bertz CT molecular complexity index is 224. The number of rotatable bonds is 5. The molecular formula is C8H16N4O. The van der Waals surface area contributed by atoms with Crippen LogP contribution >= 0.6 is 0 Å². The maximum atomic E-state index is 8.78. The highest BCUT2D eigenvalue weighted by Gasteiger charge is 2.06. The highest BCUT2D eigenvalue weighted by molar-refractivity contribution is 4.68. The second-order valence-corrected chi connectivity index (χ2v) is 3.22. The summed E-state index contributed by atoms with van der Waals surface area (Å²) in [6.07, 6.45) is 3.21. The first-order valence-corrected chi connectivity index (χ1v) is 4.42. The number of nitrogens with zero attached hydrogens (tertiary/aromatic N) is 3. The molecule has 0 aliphatic heterocycles. The van der Waals surface area contributed by atoms with Crippen molar-refractivity contribution in [1.82, 2.24) is 20.1 Å². The Balaban J connectivity index is 2.30. The van der Waals surface area contributed by atoms with Crippen molar-refractivity contribution in [1.29, 1.82) is 0 Å². The minimum atomic E-state index is 0.131. The molecule has 0 amide bonds. The van der Waals surface area contributed by atoms with Gasteiger partial charge in [-0.05, 0) is 13.8 Å². The molecule has 1 rings (SSSR count). The average Bonchev–Trinajstić information content (AvgIpc) is 2.66. The van der Waals surface area contributed by atoms with Gasteiger partial charge in [-0.1, -0.05) is 0 Å². The third-order valence-electron chi connectivity index (χ3n) is 1.92. The maximum Gasteiger partial charge on any atom is 0.137 e. The lowest BCUT2D eigenvalue weighted by Gasteiger charge is -2.15. The first kappa shape index (κ1) is 10.1. The molecule has 0 aliphatic rings. The predicted molar refractivity (Wildman–Crippen MR) is 49.3 cm³/mol.